The lowest BCUT2D eigenvalue weighted by atomic mass is 10.0. The van der Waals surface area contributed by atoms with Crippen LogP contribution in [0.5, 0.6) is 0 Å². The zero-order valence-electron chi connectivity index (χ0n) is 17.1. The van der Waals surface area contributed by atoms with Gasteiger partial charge in [-0.3, -0.25) is 0 Å². The van der Waals surface area contributed by atoms with E-state index >= 15 is 0 Å². The maximum absolute atomic E-state index is 13.1. The lowest BCUT2D eigenvalue weighted by molar-refractivity contribution is 0.346. The lowest BCUT2D eigenvalue weighted by Gasteiger charge is -2.26. The van der Waals surface area contributed by atoms with Crippen molar-refractivity contribution in [2.24, 2.45) is 10.7 Å². The summed E-state index contributed by atoms with van der Waals surface area (Å²) in [5, 5.41) is 3.10. The number of rotatable bonds is 6. The maximum atomic E-state index is 13.1. The van der Waals surface area contributed by atoms with Crippen molar-refractivity contribution in [3.05, 3.63) is 59.7 Å². The topological polar surface area (TPSA) is 87.8 Å². The average Bonchev–Trinajstić information content (AvgIpc) is 2.73. The number of piperidine rings is 1. The molecule has 1 aliphatic heterocycles. The molecule has 7 heteroatoms. The number of hydrogen-bond acceptors (Lipinski definition) is 3. The number of guanidine groups is 1. The van der Waals surface area contributed by atoms with E-state index in [1.54, 1.807) is 22.5 Å². The van der Waals surface area contributed by atoms with Gasteiger partial charge in [-0.05, 0) is 48.1 Å². The molecule has 29 heavy (non-hydrogen) atoms. The molecule has 3 N–H and O–H groups in total. The minimum atomic E-state index is -3.51. The molecule has 0 spiro atoms. The normalized spacial score (nSPS) is 16.2. The van der Waals surface area contributed by atoms with Gasteiger partial charge in [0.1, 0.15) is 0 Å². The van der Waals surface area contributed by atoms with Crippen molar-refractivity contribution >= 4 is 21.7 Å². The van der Waals surface area contributed by atoms with Gasteiger partial charge in [-0.1, -0.05) is 50.6 Å². The predicted molar refractivity (Wildman–Crippen MR) is 119 cm³/mol. The number of nitrogens with zero attached hydrogens (tertiary/aromatic N) is 2. The molecule has 0 aromatic heterocycles. The Bertz CT molecular complexity index is 964. The summed E-state index contributed by atoms with van der Waals surface area (Å²) in [4.78, 5) is 4.70. The van der Waals surface area contributed by atoms with Crippen LogP contribution in [0.4, 0.5) is 5.69 Å². The molecule has 0 atom stereocenters. The molecule has 156 valence electrons. The van der Waals surface area contributed by atoms with Crippen LogP contribution in [-0.2, 0) is 16.6 Å². The Labute approximate surface area is 173 Å². The molecule has 0 aliphatic carbocycles. The van der Waals surface area contributed by atoms with Crippen molar-refractivity contribution in [2.75, 3.05) is 18.4 Å². The fourth-order valence-corrected chi connectivity index (χ4v) is 5.20. The third-order valence-corrected chi connectivity index (χ3v) is 7.15. The van der Waals surface area contributed by atoms with Crippen molar-refractivity contribution in [1.82, 2.24) is 4.31 Å². The Balaban J connectivity index is 1.76. The molecule has 2 aromatic rings. The Morgan fingerprint density at radius 3 is 2.55 bits per heavy atom. The molecule has 1 aliphatic rings. The summed E-state index contributed by atoms with van der Waals surface area (Å²) in [5.41, 5.74) is 8.79. The molecule has 0 amide bonds. The summed E-state index contributed by atoms with van der Waals surface area (Å²) < 4.78 is 27.7. The van der Waals surface area contributed by atoms with Crippen molar-refractivity contribution in [1.29, 1.82) is 0 Å². The quantitative estimate of drug-likeness (QED) is 0.554. The van der Waals surface area contributed by atoms with Gasteiger partial charge in [-0.25, -0.2) is 13.4 Å². The highest BCUT2D eigenvalue weighted by Gasteiger charge is 2.27. The molecular weight excluding hydrogens is 384 g/mol. The number of hydrogen-bond donors (Lipinski definition) is 2. The monoisotopic (exact) mass is 414 g/mol. The number of sulfonamides is 1. The summed E-state index contributed by atoms with van der Waals surface area (Å²) >= 11 is 0. The third-order valence-electron chi connectivity index (χ3n) is 5.15. The minimum absolute atomic E-state index is 0.200. The van der Waals surface area contributed by atoms with Gasteiger partial charge in [0, 0.05) is 18.8 Å². The van der Waals surface area contributed by atoms with Crippen molar-refractivity contribution in [2.45, 2.75) is 50.5 Å². The second-order valence-corrected chi connectivity index (χ2v) is 9.59. The molecule has 0 radical (unpaired) electrons. The van der Waals surface area contributed by atoms with Gasteiger partial charge < -0.3 is 11.1 Å². The highest BCUT2D eigenvalue weighted by Crippen LogP contribution is 2.24. The van der Waals surface area contributed by atoms with Crippen LogP contribution in [0.2, 0.25) is 0 Å². The molecule has 0 unspecified atom stereocenters. The van der Waals surface area contributed by atoms with Gasteiger partial charge in [0.15, 0.2) is 5.96 Å². The van der Waals surface area contributed by atoms with E-state index in [0.717, 1.165) is 24.9 Å². The first-order valence-corrected chi connectivity index (χ1v) is 11.6. The zero-order chi connectivity index (χ0) is 20.9. The number of aliphatic imine (C=N–C) groups is 1. The molecule has 2 aromatic carbocycles. The van der Waals surface area contributed by atoms with E-state index in [4.69, 9.17) is 5.73 Å². The van der Waals surface area contributed by atoms with Gasteiger partial charge in [0.2, 0.25) is 10.0 Å². The Hall–Kier alpha value is -2.38. The van der Waals surface area contributed by atoms with Crippen molar-refractivity contribution in [3.63, 3.8) is 0 Å². The molecule has 1 heterocycles. The second-order valence-electron chi connectivity index (χ2n) is 7.68. The fourth-order valence-electron chi connectivity index (χ4n) is 3.46. The van der Waals surface area contributed by atoms with Crippen LogP contribution in [0.25, 0.3) is 0 Å². The summed E-state index contributed by atoms with van der Waals surface area (Å²) in [6, 6.07) is 15.1. The molecule has 3 rings (SSSR count). The lowest BCUT2D eigenvalue weighted by Crippen LogP contribution is -2.36. The fraction of sp³-hybridized carbons (Fsp3) is 0.409. The maximum Gasteiger partial charge on any atom is 0.243 e. The number of benzene rings is 2. The van der Waals surface area contributed by atoms with E-state index in [1.165, 1.54) is 5.56 Å². The third kappa shape index (κ3) is 5.36. The first-order chi connectivity index (χ1) is 13.9. The van der Waals surface area contributed by atoms with Crippen LogP contribution in [0.3, 0.4) is 0 Å². The van der Waals surface area contributed by atoms with Crippen LogP contribution in [-0.4, -0.2) is 31.8 Å². The van der Waals surface area contributed by atoms with E-state index in [2.05, 4.69) is 30.2 Å². The van der Waals surface area contributed by atoms with Gasteiger partial charge in [-0.15, -0.1) is 0 Å². The molecule has 1 fully saturated rings. The van der Waals surface area contributed by atoms with Gasteiger partial charge in [-0.2, -0.15) is 4.31 Å². The van der Waals surface area contributed by atoms with E-state index in [1.807, 2.05) is 24.3 Å². The minimum Gasteiger partial charge on any atom is -0.370 e. The molecule has 0 saturated carbocycles. The summed E-state index contributed by atoms with van der Waals surface area (Å²) in [5.74, 6) is 0.679. The van der Waals surface area contributed by atoms with Crippen molar-refractivity contribution in [3.8, 4) is 0 Å². The van der Waals surface area contributed by atoms with E-state index < -0.39 is 10.0 Å². The van der Waals surface area contributed by atoms with Crippen LogP contribution in [0, 0.1) is 0 Å². The molecule has 1 saturated heterocycles. The van der Waals surface area contributed by atoms with Crippen LogP contribution >= 0.6 is 0 Å². The van der Waals surface area contributed by atoms with Gasteiger partial charge in [0.25, 0.3) is 0 Å². The molecular formula is C22H30N4O2S. The van der Waals surface area contributed by atoms with Crippen LogP contribution in [0.1, 0.15) is 50.2 Å². The average molecular weight is 415 g/mol. The van der Waals surface area contributed by atoms with Crippen molar-refractivity contribution < 1.29 is 8.42 Å². The highest BCUT2D eigenvalue weighted by atomic mass is 32.2. The Morgan fingerprint density at radius 1 is 1.10 bits per heavy atom. The van der Waals surface area contributed by atoms with E-state index in [0.29, 0.717) is 29.5 Å². The highest BCUT2D eigenvalue weighted by molar-refractivity contribution is 7.89. The summed E-state index contributed by atoms with van der Waals surface area (Å²) in [7, 11) is -3.51. The van der Waals surface area contributed by atoms with Gasteiger partial charge >= 0.3 is 0 Å². The van der Waals surface area contributed by atoms with Crippen LogP contribution in [0.15, 0.2) is 58.4 Å². The number of anilines is 1. The first kappa shape index (κ1) is 21.3. The zero-order valence-corrected chi connectivity index (χ0v) is 18.0. The Morgan fingerprint density at radius 2 is 1.83 bits per heavy atom. The SMILES string of the molecule is CC(C)c1cccc(NC(N)=NCc2ccccc2S(=O)(=O)N2CCCCC2)c1. The first-order valence-electron chi connectivity index (χ1n) is 10.1. The summed E-state index contributed by atoms with van der Waals surface area (Å²) in [6.45, 7) is 5.63. The molecule has 0 bridgehead atoms. The van der Waals surface area contributed by atoms with E-state index in [9.17, 15) is 8.42 Å². The predicted octanol–water partition coefficient (Wildman–Crippen LogP) is 3.91. The smallest absolute Gasteiger partial charge is 0.243 e. The van der Waals surface area contributed by atoms with Crippen LogP contribution < -0.4 is 11.1 Å². The number of nitrogens with one attached hydrogen (secondary N) is 1. The number of nitrogens with two attached hydrogens (primary N) is 1. The largest absolute Gasteiger partial charge is 0.370 e. The van der Waals surface area contributed by atoms with Gasteiger partial charge in [0.05, 0.1) is 11.4 Å². The Kier molecular flexibility index (Phi) is 6.92. The second kappa shape index (κ2) is 9.41. The van der Waals surface area contributed by atoms with E-state index in [-0.39, 0.29) is 12.5 Å². The molecule has 6 nitrogen and oxygen atoms in total. The standard InChI is InChI=1S/C22H30N4O2S/c1-17(2)18-10-8-11-20(15-18)25-22(23)24-16-19-9-4-5-12-21(19)29(27,28)26-13-6-3-7-14-26/h4-5,8-12,15,17H,3,6-7,13-14,16H2,1-2H3,(H3,23,24,25). The summed E-state index contributed by atoms with van der Waals surface area (Å²) in [6.07, 6.45) is 2.90.